The number of benzene rings is 1. The van der Waals surface area contributed by atoms with E-state index < -0.39 is 10.0 Å². The van der Waals surface area contributed by atoms with Gasteiger partial charge in [-0.3, -0.25) is 4.79 Å². The van der Waals surface area contributed by atoms with Crippen LogP contribution < -0.4 is 9.46 Å². The van der Waals surface area contributed by atoms with Crippen molar-refractivity contribution in [3.05, 3.63) is 23.2 Å². The molecule has 0 spiro atoms. The lowest BCUT2D eigenvalue weighted by atomic mass is 9.99. The van der Waals surface area contributed by atoms with Gasteiger partial charge in [0.15, 0.2) is 6.61 Å². The first-order valence-corrected chi connectivity index (χ1v) is 10.9. The molecule has 1 aromatic carbocycles. The fourth-order valence-electron chi connectivity index (χ4n) is 2.72. The summed E-state index contributed by atoms with van der Waals surface area (Å²) in [6.45, 7) is 5.95. The number of piperidine rings is 1. The predicted molar refractivity (Wildman–Crippen MR) is 102 cm³/mol. The average Bonchev–Trinajstić information content (AvgIpc) is 2.61. The van der Waals surface area contributed by atoms with E-state index in [-0.39, 0.29) is 22.4 Å². The molecular weight excluding hydrogens is 376 g/mol. The molecule has 8 heteroatoms. The van der Waals surface area contributed by atoms with E-state index in [9.17, 15) is 13.2 Å². The van der Waals surface area contributed by atoms with Crippen LogP contribution in [0.4, 0.5) is 0 Å². The number of amides is 1. The van der Waals surface area contributed by atoms with Crippen LogP contribution in [0.15, 0.2) is 23.1 Å². The number of ether oxygens (including phenoxy) is 1. The fourth-order valence-corrected chi connectivity index (χ4v) is 4.12. The van der Waals surface area contributed by atoms with Crippen molar-refractivity contribution in [3.63, 3.8) is 0 Å². The Morgan fingerprint density at radius 3 is 2.65 bits per heavy atom. The van der Waals surface area contributed by atoms with E-state index in [4.69, 9.17) is 16.3 Å². The molecule has 6 nitrogen and oxygen atoms in total. The molecule has 1 heterocycles. The number of nitrogens with one attached hydrogen (secondary N) is 1. The summed E-state index contributed by atoms with van der Waals surface area (Å²) >= 11 is 6.14. The van der Waals surface area contributed by atoms with E-state index in [0.717, 1.165) is 38.8 Å². The van der Waals surface area contributed by atoms with E-state index in [1.54, 1.807) is 4.90 Å². The van der Waals surface area contributed by atoms with Crippen LogP contribution in [0.25, 0.3) is 0 Å². The lowest BCUT2D eigenvalue weighted by Gasteiger charge is -2.30. The third-order valence-electron chi connectivity index (χ3n) is 4.52. The quantitative estimate of drug-likeness (QED) is 0.678. The Bertz CT molecular complexity index is 716. The van der Waals surface area contributed by atoms with Crippen molar-refractivity contribution < 1.29 is 17.9 Å². The number of carbonyl (C=O) groups is 1. The third-order valence-corrected chi connectivity index (χ3v) is 6.28. The highest BCUT2D eigenvalue weighted by Gasteiger charge is 2.21. The molecule has 1 saturated heterocycles. The lowest BCUT2D eigenvalue weighted by molar-refractivity contribution is -0.134. The number of hydrogen-bond donors (Lipinski definition) is 1. The van der Waals surface area contributed by atoms with Gasteiger partial charge < -0.3 is 9.64 Å². The molecule has 0 radical (unpaired) electrons. The number of carbonyl (C=O) groups excluding carboxylic acids is 1. The Morgan fingerprint density at radius 2 is 2.04 bits per heavy atom. The minimum absolute atomic E-state index is 0.0779. The Morgan fingerprint density at radius 1 is 1.35 bits per heavy atom. The fraction of sp³-hybridized carbons (Fsp3) is 0.611. The van der Waals surface area contributed by atoms with Gasteiger partial charge in [-0.05, 0) is 43.4 Å². The Hall–Kier alpha value is -1.31. The van der Waals surface area contributed by atoms with Gasteiger partial charge in [0.25, 0.3) is 5.91 Å². The molecule has 0 bridgehead atoms. The number of nitrogens with zero attached hydrogens (tertiary/aromatic N) is 1. The molecule has 0 aliphatic carbocycles. The summed E-state index contributed by atoms with van der Waals surface area (Å²) in [4.78, 5) is 14.1. The molecule has 1 aliphatic heterocycles. The number of rotatable bonds is 8. The maximum Gasteiger partial charge on any atom is 0.260 e. The van der Waals surface area contributed by atoms with Crippen LogP contribution in [0, 0.1) is 5.92 Å². The largest absolute Gasteiger partial charge is 0.482 e. The maximum absolute atomic E-state index is 12.2. The smallest absolute Gasteiger partial charge is 0.260 e. The van der Waals surface area contributed by atoms with E-state index in [0.29, 0.717) is 18.2 Å². The van der Waals surface area contributed by atoms with Gasteiger partial charge in [-0.15, -0.1) is 0 Å². The molecule has 1 N–H and O–H groups in total. The molecule has 0 unspecified atom stereocenters. The van der Waals surface area contributed by atoms with Crippen molar-refractivity contribution in [3.8, 4) is 5.75 Å². The topological polar surface area (TPSA) is 75.7 Å². The second kappa shape index (κ2) is 9.58. The monoisotopic (exact) mass is 402 g/mol. The zero-order valence-corrected chi connectivity index (χ0v) is 16.9. The molecular formula is C18H27ClN2O4S. The molecule has 1 fully saturated rings. The van der Waals surface area contributed by atoms with Gasteiger partial charge >= 0.3 is 0 Å². The first-order chi connectivity index (χ1) is 12.3. The highest BCUT2D eigenvalue weighted by atomic mass is 35.5. The Labute approximate surface area is 160 Å². The molecule has 146 valence electrons. The van der Waals surface area contributed by atoms with E-state index in [2.05, 4.69) is 11.6 Å². The van der Waals surface area contributed by atoms with Crippen molar-refractivity contribution >= 4 is 27.5 Å². The number of unbranched alkanes of at least 4 members (excludes halogenated alkanes) is 1. The van der Waals surface area contributed by atoms with Crippen molar-refractivity contribution in [1.29, 1.82) is 0 Å². The van der Waals surface area contributed by atoms with Crippen LogP contribution in [-0.4, -0.2) is 45.5 Å². The minimum atomic E-state index is -3.59. The van der Waals surface area contributed by atoms with Crippen LogP contribution in [0.2, 0.25) is 5.02 Å². The van der Waals surface area contributed by atoms with Crippen LogP contribution in [0.5, 0.6) is 5.75 Å². The molecule has 2 rings (SSSR count). The zero-order chi connectivity index (χ0) is 19.2. The number of likely N-dealkylation sites (tertiary alicyclic amines) is 1. The number of hydrogen-bond acceptors (Lipinski definition) is 4. The van der Waals surface area contributed by atoms with E-state index in [1.165, 1.54) is 18.2 Å². The first kappa shape index (κ1) is 21.0. The summed E-state index contributed by atoms with van der Waals surface area (Å²) in [6, 6.07) is 4.27. The van der Waals surface area contributed by atoms with Gasteiger partial charge in [-0.1, -0.05) is 31.9 Å². The molecule has 1 amide bonds. The van der Waals surface area contributed by atoms with E-state index >= 15 is 0 Å². The predicted octanol–water partition coefficient (Wildman–Crippen LogP) is 3.06. The third kappa shape index (κ3) is 5.86. The Kier molecular flexibility index (Phi) is 7.73. The summed E-state index contributed by atoms with van der Waals surface area (Å²) in [5.41, 5.74) is 0. The molecule has 0 atom stereocenters. The van der Waals surface area contributed by atoms with Crippen molar-refractivity contribution in [2.24, 2.45) is 5.92 Å². The summed E-state index contributed by atoms with van der Waals surface area (Å²) in [7, 11) is -3.59. The van der Waals surface area contributed by atoms with Gasteiger partial charge in [0.05, 0.1) is 9.92 Å². The Balaban J connectivity index is 1.94. The summed E-state index contributed by atoms with van der Waals surface area (Å²) in [5.74, 6) is 0.874. The normalized spacial score (nSPS) is 15.9. The highest BCUT2D eigenvalue weighted by Crippen LogP contribution is 2.27. The zero-order valence-electron chi connectivity index (χ0n) is 15.3. The van der Waals surface area contributed by atoms with Crippen LogP contribution in [-0.2, 0) is 14.8 Å². The minimum Gasteiger partial charge on any atom is -0.482 e. The van der Waals surface area contributed by atoms with Crippen molar-refractivity contribution in [1.82, 2.24) is 9.62 Å². The summed E-state index contributed by atoms with van der Waals surface area (Å²) in [6.07, 6.45) is 3.68. The van der Waals surface area contributed by atoms with Gasteiger partial charge in [-0.25, -0.2) is 13.1 Å². The average molecular weight is 403 g/mol. The highest BCUT2D eigenvalue weighted by molar-refractivity contribution is 7.89. The van der Waals surface area contributed by atoms with Crippen molar-refractivity contribution in [2.75, 3.05) is 26.2 Å². The van der Waals surface area contributed by atoms with Gasteiger partial charge in [0, 0.05) is 19.6 Å². The van der Waals surface area contributed by atoms with Crippen LogP contribution in [0.1, 0.15) is 39.5 Å². The number of sulfonamides is 1. The van der Waals surface area contributed by atoms with Gasteiger partial charge in [-0.2, -0.15) is 0 Å². The van der Waals surface area contributed by atoms with E-state index in [1.807, 2.05) is 6.92 Å². The molecule has 0 saturated carbocycles. The molecule has 1 aromatic rings. The van der Waals surface area contributed by atoms with Crippen LogP contribution in [0.3, 0.4) is 0 Å². The lowest BCUT2D eigenvalue weighted by Crippen LogP contribution is -2.40. The van der Waals surface area contributed by atoms with Gasteiger partial charge in [0.1, 0.15) is 5.75 Å². The molecule has 26 heavy (non-hydrogen) atoms. The molecule has 0 aromatic heterocycles. The van der Waals surface area contributed by atoms with Gasteiger partial charge in [0.2, 0.25) is 10.0 Å². The first-order valence-electron chi connectivity index (χ1n) is 9.03. The summed E-state index contributed by atoms with van der Waals surface area (Å²) in [5, 5.41) is 0.170. The van der Waals surface area contributed by atoms with Crippen LogP contribution >= 0.6 is 11.6 Å². The van der Waals surface area contributed by atoms with Crippen molar-refractivity contribution in [2.45, 2.75) is 44.4 Å². The second-order valence-corrected chi connectivity index (χ2v) is 8.87. The standard InChI is InChI=1S/C18H27ClN2O4S/c1-3-4-9-20-26(23,24)15-5-6-17(16(19)12-15)25-13-18(22)21-10-7-14(2)8-11-21/h5-6,12,14,20H,3-4,7-11,13H2,1-2H3. The number of halogens is 1. The maximum atomic E-state index is 12.2. The summed E-state index contributed by atoms with van der Waals surface area (Å²) < 4.78 is 32.4. The SMILES string of the molecule is CCCCNS(=O)(=O)c1ccc(OCC(=O)N2CCC(C)CC2)c(Cl)c1. The second-order valence-electron chi connectivity index (χ2n) is 6.70. The molecule has 1 aliphatic rings.